The summed E-state index contributed by atoms with van der Waals surface area (Å²) in [7, 11) is -3.82. The van der Waals surface area contributed by atoms with Crippen molar-refractivity contribution in [1.82, 2.24) is 29.6 Å². The number of nitrogens with one attached hydrogen (secondary N) is 2. The van der Waals surface area contributed by atoms with Crippen LogP contribution in [0.3, 0.4) is 0 Å². The van der Waals surface area contributed by atoms with Gasteiger partial charge < -0.3 is 0 Å². The number of pyridine rings is 1. The molecule has 3 aliphatic rings. The zero-order valence-electron chi connectivity index (χ0n) is 20.3. The molecule has 13 heteroatoms. The maximum absolute atomic E-state index is 13.5. The Balaban J connectivity index is 1.58. The number of aromatic nitrogens is 4. The number of piperazine rings is 1. The van der Waals surface area contributed by atoms with Crippen LogP contribution in [-0.2, 0) is 10.0 Å². The Morgan fingerprint density at radius 1 is 1.19 bits per heavy atom. The van der Waals surface area contributed by atoms with E-state index >= 15 is 0 Å². The molecule has 4 heterocycles. The first-order valence-electron chi connectivity index (χ1n) is 12.3. The first kappa shape index (κ1) is 24.4. The second-order valence-corrected chi connectivity index (χ2v) is 14.5. The van der Waals surface area contributed by atoms with Gasteiger partial charge in [-0.1, -0.05) is 0 Å². The van der Waals surface area contributed by atoms with Gasteiger partial charge in [0.15, 0.2) is 0 Å². The molecule has 2 saturated carbocycles. The molecule has 3 fully saturated rings. The summed E-state index contributed by atoms with van der Waals surface area (Å²) in [4.78, 5) is 7.31. The van der Waals surface area contributed by atoms with Crippen LogP contribution in [0.5, 0.6) is 0 Å². The van der Waals surface area contributed by atoms with E-state index in [1.165, 1.54) is 0 Å². The van der Waals surface area contributed by atoms with Gasteiger partial charge in [-0.2, -0.15) is 0 Å². The van der Waals surface area contributed by atoms with E-state index in [4.69, 9.17) is 4.98 Å². The molecule has 9 nitrogen and oxygen atoms in total. The van der Waals surface area contributed by atoms with Gasteiger partial charge >= 0.3 is 215 Å². The van der Waals surface area contributed by atoms with Gasteiger partial charge in [-0.25, -0.2) is 0 Å². The Bertz CT molecular complexity index is 1420. The van der Waals surface area contributed by atoms with Crippen molar-refractivity contribution >= 4 is 35.9 Å². The van der Waals surface area contributed by atoms with Crippen molar-refractivity contribution in [1.29, 1.82) is 0 Å². The third-order valence-electron chi connectivity index (χ3n) is 7.09. The molecule has 0 unspecified atom stereocenters. The van der Waals surface area contributed by atoms with E-state index < -0.39 is 36.5 Å². The Morgan fingerprint density at radius 3 is 2.47 bits per heavy atom. The molecule has 2 N–H and O–H groups in total. The van der Waals surface area contributed by atoms with E-state index in [2.05, 4.69) is 39.0 Å². The molecule has 2 atom stereocenters. The van der Waals surface area contributed by atoms with Gasteiger partial charge in [0, 0.05) is 0 Å². The topological polar surface area (TPSA) is 105 Å². The third kappa shape index (κ3) is 4.49. The van der Waals surface area contributed by atoms with Crippen LogP contribution in [0.15, 0.2) is 17.2 Å². The molecular formula is C23H29F2N7O2SSe. The molecule has 3 aromatic rings. The Hall–Kier alpha value is -1.92. The monoisotopic (exact) mass is 585 g/mol. The number of hydrogen-bond donors (Lipinski definition) is 2. The van der Waals surface area contributed by atoms with Crippen LogP contribution in [0, 0.1) is 0 Å². The summed E-state index contributed by atoms with van der Waals surface area (Å²) in [5.74, 6) is 0.214. The summed E-state index contributed by atoms with van der Waals surface area (Å²) in [5, 5.41) is 11.4. The van der Waals surface area contributed by atoms with Crippen molar-refractivity contribution in [3.05, 3.63) is 22.5 Å². The molecule has 3 aromatic heterocycles. The summed E-state index contributed by atoms with van der Waals surface area (Å²) in [6.45, 7) is 7.48. The van der Waals surface area contributed by atoms with Gasteiger partial charge in [0.05, 0.1) is 0 Å². The maximum atomic E-state index is 13.5. The normalized spacial score (nSPS) is 24.1. The third-order valence-corrected chi connectivity index (χ3v) is 10.7. The van der Waals surface area contributed by atoms with Crippen LogP contribution < -0.4 is 14.9 Å². The van der Waals surface area contributed by atoms with Gasteiger partial charge in [0.2, 0.25) is 0 Å². The van der Waals surface area contributed by atoms with E-state index in [1.54, 1.807) is 16.7 Å². The minimum absolute atomic E-state index is 0.138. The minimum atomic E-state index is -3.82. The van der Waals surface area contributed by atoms with Crippen molar-refractivity contribution in [2.75, 3.05) is 18.0 Å². The number of imidazole rings is 1. The van der Waals surface area contributed by atoms with Crippen molar-refractivity contribution < 1.29 is 17.2 Å². The first-order chi connectivity index (χ1) is 17.0. The first-order valence-corrected chi connectivity index (χ1v) is 15.5. The predicted octanol–water partition coefficient (Wildman–Crippen LogP) is 2.68. The molecule has 2 aliphatic carbocycles. The standard InChI is InChI=1S/C23H29F2N7O2SSe/c1-12-9-31(10-13(2)26-12)16-8-15(35(33,34)30-23(3)6-7-23)11-32-18(17(14-4-5-14)27-20(16)32)21-28-29-22(36-21)19(24)25/h8,11-14,19,26,30H,4-7,9-10H2,1-3H3/t12-,13-/m0/s1. The second kappa shape index (κ2) is 8.56. The molecule has 0 radical (unpaired) electrons. The van der Waals surface area contributed by atoms with Crippen LogP contribution in [0.2, 0.25) is 0 Å². The van der Waals surface area contributed by atoms with Crippen LogP contribution in [-0.4, -0.2) is 73.2 Å². The van der Waals surface area contributed by atoms with Crippen LogP contribution in [0.4, 0.5) is 14.5 Å². The van der Waals surface area contributed by atoms with Crippen LogP contribution >= 0.6 is 0 Å². The summed E-state index contributed by atoms with van der Waals surface area (Å²) in [5.41, 5.74) is 2.36. The Morgan fingerprint density at radius 2 is 1.89 bits per heavy atom. The molecule has 0 spiro atoms. The molecule has 6 rings (SSSR count). The molecular weight excluding hydrogens is 555 g/mol. The number of rotatable bonds is 7. The summed E-state index contributed by atoms with van der Waals surface area (Å²) < 4.78 is 58.7. The van der Waals surface area contributed by atoms with Crippen molar-refractivity contribution in [3.63, 3.8) is 0 Å². The molecule has 194 valence electrons. The van der Waals surface area contributed by atoms with Gasteiger partial charge in [0.1, 0.15) is 0 Å². The van der Waals surface area contributed by atoms with Crippen molar-refractivity contribution in [2.45, 2.75) is 81.3 Å². The number of anilines is 1. The molecule has 0 bridgehead atoms. The fourth-order valence-corrected chi connectivity index (χ4v) is 8.02. The number of sulfonamides is 1. The number of alkyl halides is 2. The average molecular weight is 585 g/mol. The Labute approximate surface area is 214 Å². The number of fused-ring (bicyclic) bond motifs is 1. The summed E-state index contributed by atoms with van der Waals surface area (Å²) in [6, 6.07) is 2.13. The molecule has 36 heavy (non-hydrogen) atoms. The van der Waals surface area contributed by atoms with Gasteiger partial charge in [-0.05, 0) is 0 Å². The van der Waals surface area contributed by atoms with Crippen LogP contribution in [0.1, 0.15) is 69.1 Å². The molecule has 1 saturated heterocycles. The van der Waals surface area contributed by atoms with E-state index in [9.17, 15) is 17.2 Å². The predicted molar refractivity (Wildman–Crippen MR) is 132 cm³/mol. The average Bonchev–Trinajstić information content (AvgIpc) is 3.67. The van der Waals surface area contributed by atoms with Crippen molar-refractivity contribution in [3.8, 4) is 10.3 Å². The van der Waals surface area contributed by atoms with Crippen LogP contribution in [0.25, 0.3) is 15.9 Å². The van der Waals surface area contributed by atoms with E-state index in [0.717, 1.165) is 37.1 Å². The van der Waals surface area contributed by atoms with E-state index in [0.29, 0.717) is 29.0 Å². The Kier molecular flexibility index (Phi) is 5.80. The fourth-order valence-electron chi connectivity index (χ4n) is 4.97. The quantitative estimate of drug-likeness (QED) is 0.412. The summed E-state index contributed by atoms with van der Waals surface area (Å²) >= 11 is -0.749. The zero-order chi connectivity index (χ0) is 25.4. The van der Waals surface area contributed by atoms with Gasteiger partial charge in [-0.3, -0.25) is 0 Å². The number of halogens is 2. The molecule has 0 amide bonds. The van der Waals surface area contributed by atoms with Gasteiger partial charge in [0.25, 0.3) is 0 Å². The molecule has 1 aliphatic heterocycles. The van der Waals surface area contributed by atoms with E-state index in [-0.39, 0.29) is 27.5 Å². The molecule has 0 aromatic carbocycles. The number of nitrogens with zero attached hydrogens (tertiary/aromatic N) is 5. The van der Waals surface area contributed by atoms with Crippen molar-refractivity contribution in [2.24, 2.45) is 0 Å². The SMILES string of the molecule is C[C@H]1CN(c2cc(S(=O)(=O)NC3(C)CC3)cn3c(-c4nnc(C(F)F)[se]4)c(C4CC4)nc23)C[C@H](C)N1. The second-order valence-electron chi connectivity index (χ2n) is 10.7. The van der Waals surface area contributed by atoms with Gasteiger partial charge in [-0.15, -0.1) is 0 Å². The fraction of sp³-hybridized carbons (Fsp3) is 0.609. The van der Waals surface area contributed by atoms with E-state index in [1.807, 2.05) is 6.92 Å². The zero-order valence-corrected chi connectivity index (χ0v) is 22.9. The summed E-state index contributed by atoms with van der Waals surface area (Å²) in [6.07, 6.45) is 2.43. The number of hydrogen-bond acceptors (Lipinski definition) is 7.